The molecule has 2 aromatic carbocycles. The fourth-order valence-corrected chi connectivity index (χ4v) is 1.97. The van der Waals surface area contributed by atoms with Crippen LogP contribution in [0.15, 0.2) is 48.5 Å². The van der Waals surface area contributed by atoms with Crippen LogP contribution in [0, 0.1) is 6.92 Å². The van der Waals surface area contributed by atoms with Gasteiger partial charge in [-0.05, 0) is 55.8 Å². The van der Waals surface area contributed by atoms with Crippen molar-refractivity contribution in [1.29, 1.82) is 0 Å². The second-order valence-electron chi connectivity index (χ2n) is 5.27. The van der Waals surface area contributed by atoms with Crippen LogP contribution in [0.4, 0.5) is 5.69 Å². The zero-order valence-corrected chi connectivity index (χ0v) is 13.5. The fourth-order valence-electron chi connectivity index (χ4n) is 1.97. The molecule has 0 spiro atoms. The van der Waals surface area contributed by atoms with Gasteiger partial charge in [-0.3, -0.25) is 4.79 Å². The lowest BCUT2D eigenvalue weighted by Crippen LogP contribution is -2.30. The average molecular weight is 329 g/mol. The molecule has 2 N–H and O–H groups in total. The van der Waals surface area contributed by atoms with E-state index in [0.717, 1.165) is 5.56 Å². The van der Waals surface area contributed by atoms with Crippen molar-refractivity contribution in [2.24, 2.45) is 0 Å². The predicted octanol–water partition coefficient (Wildman–Crippen LogP) is 2.86. The van der Waals surface area contributed by atoms with Gasteiger partial charge in [-0.1, -0.05) is 12.1 Å². The molecular formula is C18H19NO5. The first kappa shape index (κ1) is 17.3. The summed E-state index contributed by atoms with van der Waals surface area (Å²) >= 11 is 0. The van der Waals surface area contributed by atoms with E-state index >= 15 is 0 Å². The Morgan fingerprint density at radius 3 is 2.46 bits per heavy atom. The molecule has 0 fully saturated rings. The van der Waals surface area contributed by atoms with Crippen molar-refractivity contribution < 1.29 is 24.2 Å². The molecule has 0 saturated carbocycles. The summed E-state index contributed by atoms with van der Waals surface area (Å²) in [6, 6.07) is 13.9. The Hall–Kier alpha value is -3.02. The van der Waals surface area contributed by atoms with Crippen LogP contribution >= 0.6 is 0 Å². The summed E-state index contributed by atoms with van der Waals surface area (Å²) in [6.45, 7) is 3.21. The van der Waals surface area contributed by atoms with E-state index in [0.29, 0.717) is 17.2 Å². The summed E-state index contributed by atoms with van der Waals surface area (Å²) in [5.74, 6) is -0.278. The van der Waals surface area contributed by atoms with Crippen molar-refractivity contribution in [3.05, 3.63) is 54.1 Å². The van der Waals surface area contributed by atoms with Gasteiger partial charge in [0.25, 0.3) is 5.91 Å². The topological polar surface area (TPSA) is 84.9 Å². The van der Waals surface area contributed by atoms with Gasteiger partial charge >= 0.3 is 5.97 Å². The van der Waals surface area contributed by atoms with Gasteiger partial charge in [0.15, 0.2) is 12.7 Å². The van der Waals surface area contributed by atoms with Crippen LogP contribution in [-0.2, 0) is 9.59 Å². The highest BCUT2D eigenvalue weighted by Gasteiger charge is 2.15. The standard InChI is InChI=1S/C18H19NO5/c1-12-4-3-5-16(10-12)24-13(2)18(22)19-14-6-8-15(9-7-14)23-11-17(20)21/h3-10,13H,11H2,1-2H3,(H,19,22)(H,20,21). The van der Waals surface area contributed by atoms with Crippen LogP contribution in [0.2, 0.25) is 0 Å². The number of ether oxygens (including phenoxy) is 2. The highest BCUT2D eigenvalue weighted by atomic mass is 16.5. The summed E-state index contributed by atoms with van der Waals surface area (Å²) in [5.41, 5.74) is 1.62. The first-order valence-corrected chi connectivity index (χ1v) is 7.43. The Morgan fingerprint density at radius 1 is 1.12 bits per heavy atom. The summed E-state index contributed by atoms with van der Waals surface area (Å²) in [6.07, 6.45) is -0.658. The first-order chi connectivity index (χ1) is 11.4. The van der Waals surface area contributed by atoms with Gasteiger partial charge in [0.1, 0.15) is 11.5 Å². The van der Waals surface area contributed by atoms with E-state index < -0.39 is 18.7 Å². The molecule has 2 aromatic rings. The molecule has 1 amide bonds. The lowest BCUT2D eigenvalue weighted by Gasteiger charge is -2.15. The number of carbonyl (C=O) groups is 2. The number of hydrogen-bond acceptors (Lipinski definition) is 4. The van der Waals surface area contributed by atoms with Gasteiger partial charge in [-0.15, -0.1) is 0 Å². The number of carboxylic acid groups (broad SMARTS) is 1. The van der Waals surface area contributed by atoms with Gasteiger partial charge in [-0.25, -0.2) is 4.79 Å². The monoisotopic (exact) mass is 329 g/mol. The van der Waals surface area contributed by atoms with Crippen molar-refractivity contribution in [2.45, 2.75) is 20.0 Å². The number of nitrogens with one attached hydrogen (secondary N) is 1. The zero-order chi connectivity index (χ0) is 17.5. The van der Waals surface area contributed by atoms with Gasteiger partial charge < -0.3 is 19.9 Å². The average Bonchev–Trinajstić information content (AvgIpc) is 2.54. The first-order valence-electron chi connectivity index (χ1n) is 7.43. The highest BCUT2D eigenvalue weighted by molar-refractivity contribution is 5.94. The van der Waals surface area contributed by atoms with Crippen LogP contribution in [0.1, 0.15) is 12.5 Å². The third kappa shape index (κ3) is 5.31. The molecule has 1 atom stereocenters. The number of carbonyl (C=O) groups excluding carboxylic acids is 1. The summed E-state index contributed by atoms with van der Waals surface area (Å²) < 4.78 is 10.6. The Morgan fingerprint density at radius 2 is 1.83 bits per heavy atom. The SMILES string of the molecule is Cc1cccc(OC(C)C(=O)Nc2ccc(OCC(=O)O)cc2)c1. The maximum absolute atomic E-state index is 12.2. The quantitative estimate of drug-likeness (QED) is 0.816. The van der Waals surface area contributed by atoms with E-state index in [1.54, 1.807) is 37.3 Å². The van der Waals surface area contributed by atoms with Gasteiger partial charge in [-0.2, -0.15) is 0 Å². The van der Waals surface area contributed by atoms with E-state index in [4.69, 9.17) is 14.6 Å². The molecule has 2 rings (SSSR count). The molecule has 6 nitrogen and oxygen atoms in total. The number of carboxylic acids is 1. The molecule has 0 aliphatic rings. The van der Waals surface area contributed by atoms with Crippen molar-refractivity contribution in [1.82, 2.24) is 0 Å². The Balaban J connectivity index is 1.90. The van der Waals surface area contributed by atoms with Crippen LogP contribution < -0.4 is 14.8 Å². The molecule has 0 heterocycles. The smallest absolute Gasteiger partial charge is 0.341 e. The minimum atomic E-state index is -1.05. The van der Waals surface area contributed by atoms with Gasteiger partial charge in [0.2, 0.25) is 0 Å². The van der Waals surface area contributed by atoms with Crippen LogP contribution in [0.25, 0.3) is 0 Å². The van der Waals surface area contributed by atoms with Crippen LogP contribution in [0.5, 0.6) is 11.5 Å². The third-order valence-corrected chi connectivity index (χ3v) is 3.16. The normalized spacial score (nSPS) is 11.4. The number of benzene rings is 2. The third-order valence-electron chi connectivity index (χ3n) is 3.16. The van der Waals surface area contributed by atoms with Gasteiger partial charge in [0.05, 0.1) is 0 Å². The predicted molar refractivity (Wildman–Crippen MR) is 89.5 cm³/mol. The second-order valence-corrected chi connectivity index (χ2v) is 5.27. The summed E-state index contributed by atoms with van der Waals surface area (Å²) in [7, 11) is 0. The number of aryl methyl sites for hydroxylation is 1. The van der Waals surface area contributed by atoms with Gasteiger partial charge in [0, 0.05) is 5.69 Å². The molecular weight excluding hydrogens is 310 g/mol. The lowest BCUT2D eigenvalue weighted by molar-refractivity contribution is -0.139. The zero-order valence-electron chi connectivity index (χ0n) is 13.5. The number of aliphatic carboxylic acids is 1. The maximum atomic E-state index is 12.2. The largest absolute Gasteiger partial charge is 0.482 e. The van der Waals surface area contributed by atoms with E-state index in [2.05, 4.69) is 5.32 Å². The second kappa shape index (κ2) is 8.01. The Kier molecular flexibility index (Phi) is 5.78. The van der Waals surface area contributed by atoms with E-state index in [-0.39, 0.29) is 5.91 Å². The van der Waals surface area contributed by atoms with E-state index in [1.165, 1.54) is 0 Å². The minimum absolute atomic E-state index is 0.282. The molecule has 126 valence electrons. The summed E-state index contributed by atoms with van der Waals surface area (Å²) in [4.78, 5) is 22.6. The lowest BCUT2D eigenvalue weighted by atomic mass is 10.2. The number of anilines is 1. The van der Waals surface area contributed by atoms with Crippen molar-refractivity contribution >= 4 is 17.6 Å². The number of hydrogen-bond donors (Lipinski definition) is 2. The van der Waals surface area contributed by atoms with Crippen LogP contribution in [0.3, 0.4) is 0 Å². The molecule has 24 heavy (non-hydrogen) atoms. The fraction of sp³-hybridized carbons (Fsp3) is 0.222. The van der Waals surface area contributed by atoms with E-state index in [9.17, 15) is 9.59 Å². The number of amides is 1. The van der Waals surface area contributed by atoms with Crippen LogP contribution in [-0.4, -0.2) is 29.7 Å². The summed E-state index contributed by atoms with van der Waals surface area (Å²) in [5, 5.41) is 11.3. The van der Waals surface area contributed by atoms with Crippen molar-refractivity contribution in [3.63, 3.8) is 0 Å². The maximum Gasteiger partial charge on any atom is 0.341 e. The molecule has 1 unspecified atom stereocenters. The van der Waals surface area contributed by atoms with Crippen molar-refractivity contribution in [3.8, 4) is 11.5 Å². The molecule has 0 aliphatic heterocycles. The Bertz CT molecular complexity index is 712. The number of rotatable bonds is 7. The molecule has 0 bridgehead atoms. The molecule has 0 aromatic heterocycles. The Labute approximate surface area is 140 Å². The molecule has 0 aliphatic carbocycles. The van der Waals surface area contributed by atoms with Crippen molar-refractivity contribution in [2.75, 3.05) is 11.9 Å². The highest BCUT2D eigenvalue weighted by Crippen LogP contribution is 2.17. The molecule has 0 saturated heterocycles. The van der Waals surface area contributed by atoms with E-state index in [1.807, 2.05) is 25.1 Å². The minimum Gasteiger partial charge on any atom is -0.482 e. The molecule has 0 radical (unpaired) electrons. The molecule has 6 heteroatoms.